The van der Waals surface area contributed by atoms with Crippen LogP contribution in [-0.2, 0) is 29.8 Å². The van der Waals surface area contributed by atoms with Gasteiger partial charge in [0, 0.05) is 13.7 Å². The number of hydrogen-bond donors (Lipinski definition) is 6. The van der Waals surface area contributed by atoms with Gasteiger partial charge >= 0.3 is 13.8 Å². The van der Waals surface area contributed by atoms with Gasteiger partial charge in [0.2, 0.25) is 6.29 Å². The Hall–Kier alpha value is -1.76. The van der Waals surface area contributed by atoms with Gasteiger partial charge in [0.25, 0.3) is 0 Å². The molecule has 29 heavy (non-hydrogen) atoms. The van der Waals surface area contributed by atoms with Crippen LogP contribution in [0.4, 0.5) is 5.69 Å². The number of rotatable bonds is 9. The molecule has 0 bridgehead atoms. The highest BCUT2D eigenvalue weighted by molar-refractivity contribution is 7.47. The highest BCUT2D eigenvalue weighted by Gasteiger charge is 2.48. The zero-order valence-corrected chi connectivity index (χ0v) is 16.6. The van der Waals surface area contributed by atoms with Gasteiger partial charge in [-0.25, -0.2) is 9.36 Å². The van der Waals surface area contributed by atoms with Gasteiger partial charge in [-0.15, -0.1) is 0 Å². The molecule has 164 valence electrons. The number of aliphatic hydroxyl groups excluding tert-OH is 3. The van der Waals surface area contributed by atoms with Crippen molar-refractivity contribution in [2.75, 3.05) is 19.0 Å². The van der Waals surface area contributed by atoms with E-state index in [0.29, 0.717) is 17.8 Å². The molecule has 0 spiro atoms. The number of aliphatic hydroxyl groups is 3. The predicted molar refractivity (Wildman–Crippen MR) is 97.2 cm³/mol. The molecule has 13 heteroatoms. The van der Waals surface area contributed by atoms with Gasteiger partial charge in [0.1, 0.15) is 24.1 Å². The molecule has 1 aromatic rings. The summed E-state index contributed by atoms with van der Waals surface area (Å²) in [4.78, 5) is 20.5. The normalized spacial score (nSPS) is 29.1. The van der Waals surface area contributed by atoms with Crippen molar-refractivity contribution in [2.24, 2.45) is 0 Å². The number of benzene rings is 1. The molecule has 1 aliphatic heterocycles. The Morgan fingerprint density at radius 1 is 1.24 bits per heavy atom. The lowest BCUT2D eigenvalue weighted by molar-refractivity contribution is -0.271. The fourth-order valence-corrected chi connectivity index (χ4v) is 3.00. The van der Waals surface area contributed by atoms with Crippen LogP contribution in [0.25, 0.3) is 0 Å². The number of nitrogens with one attached hydrogen (secondary N) is 1. The molecule has 0 radical (unpaired) electrons. The first-order valence-corrected chi connectivity index (χ1v) is 10.1. The highest BCUT2D eigenvalue weighted by Crippen LogP contribution is 2.43. The van der Waals surface area contributed by atoms with Crippen molar-refractivity contribution < 1.29 is 53.2 Å². The smallest absolute Gasteiger partial charge is 0.472 e. The van der Waals surface area contributed by atoms with Crippen LogP contribution in [0.3, 0.4) is 0 Å². The van der Waals surface area contributed by atoms with E-state index in [0.717, 1.165) is 7.11 Å². The molecular weight excluding hydrogens is 413 g/mol. The summed E-state index contributed by atoms with van der Waals surface area (Å²) in [6.45, 7) is 2.02. The molecule has 0 amide bonds. The molecule has 0 aliphatic carbocycles. The van der Waals surface area contributed by atoms with Crippen molar-refractivity contribution in [1.82, 2.24) is 0 Å². The minimum absolute atomic E-state index is 0.145. The summed E-state index contributed by atoms with van der Waals surface area (Å²) in [5.41, 5.74) is 0.880. The van der Waals surface area contributed by atoms with Crippen molar-refractivity contribution in [2.45, 2.75) is 44.2 Å². The third-order valence-corrected chi connectivity index (χ3v) is 5.01. The maximum atomic E-state index is 11.4. The van der Waals surface area contributed by atoms with Crippen molar-refractivity contribution >= 4 is 19.5 Å². The SMILES string of the molecule is CCNc1cc(COP(=O)(O)OC)ccc1OC1OC(C(=O)O)C(O)C(O)C1O. The van der Waals surface area contributed by atoms with Crippen LogP contribution < -0.4 is 10.1 Å². The van der Waals surface area contributed by atoms with E-state index in [2.05, 4.69) is 9.84 Å². The van der Waals surface area contributed by atoms with Crippen LogP contribution in [0.2, 0.25) is 0 Å². The third-order valence-electron chi connectivity index (χ3n) is 4.09. The fourth-order valence-electron chi connectivity index (χ4n) is 2.58. The molecule has 0 aromatic heterocycles. The van der Waals surface area contributed by atoms with Crippen LogP contribution in [0, 0.1) is 0 Å². The minimum Gasteiger partial charge on any atom is -0.479 e. The third kappa shape index (κ3) is 5.87. The second kappa shape index (κ2) is 9.83. The number of phosphoric acid groups is 1. The summed E-state index contributed by atoms with van der Waals surface area (Å²) in [5.74, 6) is -1.38. The number of carbonyl (C=O) groups is 1. The van der Waals surface area contributed by atoms with E-state index < -0.39 is 44.5 Å². The number of anilines is 1. The molecule has 12 nitrogen and oxygen atoms in total. The van der Waals surface area contributed by atoms with Gasteiger partial charge in [-0.3, -0.25) is 9.05 Å². The summed E-state index contributed by atoms with van der Waals surface area (Å²) in [7, 11) is -3.12. The van der Waals surface area contributed by atoms with Gasteiger partial charge in [0.15, 0.2) is 6.10 Å². The van der Waals surface area contributed by atoms with Gasteiger partial charge in [-0.1, -0.05) is 6.07 Å². The highest BCUT2D eigenvalue weighted by atomic mass is 31.2. The lowest BCUT2D eigenvalue weighted by Gasteiger charge is -2.38. The van der Waals surface area contributed by atoms with Gasteiger partial charge in [-0.05, 0) is 24.6 Å². The molecule has 2 rings (SSSR count). The topological polar surface area (TPSA) is 184 Å². The van der Waals surface area contributed by atoms with E-state index in [1.54, 1.807) is 13.0 Å². The molecule has 6 unspecified atom stereocenters. The van der Waals surface area contributed by atoms with Crippen molar-refractivity contribution in [3.8, 4) is 5.75 Å². The summed E-state index contributed by atoms with van der Waals surface area (Å²) in [6.07, 6.45) is -8.69. The lowest BCUT2D eigenvalue weighted by atomic mass is 9.99. The average Bonchev–Trinajstić information content (AvgIpc) is 2.68. The van der Waals surface area contributed by atoms with Crippen molar-refractivity contribution in [3.63, 3.8) is 0 Å². The van der Waals surface area contributed by atoms with Gasteiger partial charge < -0.3 is 40.1 Å². The van der Waals surface area contributed by atoms with E-state index in [-0.39, 0.29) is 12.4 Å². The van der Waals surface area contributed by atoms with Gasteiger partial charge in [-0.2, -0.15) is 0 Å². The van der Waals surface area contributed by atoms with E-state index in [4.69, 9.17) is 19.1 Å². The first-order chi connectivity index (χ1) is 13.6. The first-order valence-electron chi connectivity index (χ1n) is 8.58. The monoisotopic (exact) mass is 437 g/mol. The van der Waals surface area contributed by atoms with Crippen molar-refractivity contribution in [3.05, 3.63) is 23.8 Å². The van der Waals surface area contributed by atoms with Crippen LogP contribution in [0.1, 0.15) is 12.5 Å². The Kier molecular flexibility index (Phi) is 7.97. The Labute approximate surface area is 166 Å². The Bertz CT molecular complexity index is 760. The molecule has 6 N–H and O–H groups in total. The zero-order chi connectivity index (χ0) is 21.8. The number of hydrogen-bond acceptors (Lipinski definition) is 10. The first kappa shape index (κ1) is 23.5. The molecule has 1 fully saturated rings. The Morgan fingerprint density at radius 2 is 1.93 bits per heavy atom. The van der Waals surface area contributed by atoms with E-state index in [1.807, 2.05) is 0 Å². The van der Waals surface area contributed by atoms with Crippen LogP contribution in [0.15, 0.2) is 18.2 Å². The maximum absolute atomic E-state index is 11.4. The summed E-state index contributed by atoms with van der Waals surface area (Å²) in [6, 6.07) is 4.49. The standard InChI is InChI=1S/C16H24NO11P/c1-3-17-9-6-8(7-26-29(23,24)25-2)4-5-10(9)27-16-13(20)11(18)12(19)14(28-16)15(21)22/h4-6,11-14,16-20H,3,7H2,1-2H3,(H,21,22)(H,23,24). The molecule has 1 heterocycles. The molecule has 1 saturated heterocycles. The molecule has 6 atom stereocenters. The van der Waals surface area contributed by atoms with E-state index >= 15 is 0 Å². The second-order valence-corrected chi connectivity index (χ2v) is 7.70. The van der Waals surface area contributed by atoms with Gasteiger partial charge in [0.05, 0.1) is 12.3 Å². The quantitative estimate of drug-likeness (QED) is 0.276. The minimum atomic E-state index is -4.16. The number of aliphatic carboxylic acids is 1. The zero-order valence-electron chi connectivity index (χ0n) is 15.7. The number of phosphoric ester groups is 1. The average molecular weight is 437 g/mol. The second-order valence-electron chi connectivity index (χ2n) is 6.14. The number of ether oxygens (including phenoxy) is 2. The van der Waals surface area contributed by atoms with Crippen LogP contribution in [0.5, 0.6) is 5.75 Å². The van der Waals surface area contributed by atoms with E-state index in [1.165, 1.54) is 12.1 Å². The summed E-state index contributed by atoms with van der Waals surface area (Å²) >= 11 is 0. The number of carboxylic acids is 1. The molecule has 1 aromatic carbocycles. The lowest BCUT2D eigenvalue weighted by Crippen LogP contribution is -2.61. The molecule has 1 aliphatic rings. The predicted octanol–water partition coefficient (Wildman–Crippen LogP) is -0.347. The van der Waals surface area contributed by atoms with Crippen molar-refractivity contribution in [1.29, 1.82) is 0 Å². The molecule has 0 saturated carbocycles. The maximum Gasteiger partial charge on any atom is 0.472 e. The van der Waals surface area contributed by atoms with Crippen LogP contribution >= 0.6 is 7.82 Å². The summed E-state index contributed by atoms with van der Waals surface area (Å²) < 4.78 is 31.2. The largest absolute Gasteiger partial charge is 0.479 e. The fraction of sp³-hybridized carbons (Fsp3) is 0.562. The Morgan fingerprint density at radius 3 is 2.52 bits per heavy atom. The Balaban J connectivity index is 2.20. The molecular formula is C16H24NO11P. The summed E-state index contributed by atoms with van der Waals surface area (Å²) in [5, 5.41) is 41.8. The van der Waals surface area contributed by atoms with Crippen LogP contribution in [-0.4, -0.2) is 75.6 Å². The van der Waals surface area contributed by atoms with E-state index in [9.17, 15) is 29.6 Å². The number of carboxylic acid groups (broad SMARTS) is 1.